The zero-order valence-corrected chi connectivity index (χ0v) is 6.55. The third-order valence-corrected chi connectivity index (χ3v) is 0.848. The quantitative estimate of drug-likeness (QED) is 0.596. The maximum Gasteiger partial charge on any atom is 0.508 e. The standard InChI is InChI=1S/C7H14O3.CH4/c1-3-5-9-7(8)10-6-4-2;/h3-6H2,1-2H3;1H4. The predicted molar refractivity (Wildman–Crippen MR) is 44.6 cm³/mol. The minimum absolute atomic E-state index is 0. The van der Waals surface area contributed by atoms with E-state index in [0.717, 1.165) is 12.8 Å². The highest BCUT2D eigenvalue weighted by Gasteiger charge is 1.99. The highest BCUT2D eigenvalue weighted by molar-refractivity contribution is 5.59. The van der Waals surface area contributed by atoms with E-state index in [1.807, 2.05) is 13.8 Å². The number of hydrogen-bond donors (Lipinski definition) is 0. The van der Waals surface area contributed by atoms with Gasteiger partial charge >= 0.3 is 6.16 Å². The molecule has 0 radical (unpaired) electrons. The van der Waals surface area contributed by atoms with Crippen LogP contribution >= 0.6 is 0 Å². The molecular formula is C8H18O3. The molecule has 11 heavy (non-hydrogen) atoms. The summed E-state index contributed by atoms with van der Waals surface area (Å²) >= 11 is 0. The first-order valence-corrected chi connectivity index (χ1v) is 3.60. The third-order valence-electron chi connectivity index (χ3n) is 0.848. The molecule has 0 aliphatic heterocycles. The van der Waals surface area contributed by atoms with Gasteiger partial charge in [-0.15, -0.1) is 0 Å². The van der Waals surface area contributed by atoms with Gasteiger partial charge in [0.2, 0.25) is 0 Å². The minimum atomic E-state index is -0.552. The normalized spacial score (nSPS) is 8.18. The molecule has 3 nitrogen and oxygen atoms in total. The van der Waals surface area contributed by atoms with Crippen molar-refractivity contribution in [3.05, 3.63) is 0 Å². The number of rotatable bonds is 4. The van der Waals surface area contributed by atoms with Crippen molar-refractivity contribution in [2.45, 2.75) is 34.1 Å². The van der Waals surface area contributed by atoms with E-state index in [9.17, 15) is 4.79 Å². The molecule has 0 N–H and O–H groups in total. The molecule has 0 amide bonds. The van der Waals surface area contributed by atoms with E-state index in [0.29, 0.717) is 13.2 Å². The van der Waals surface area contributed by atoms with Gasteiger partial charge in [-0.2, -0.15) is 0 Å². The number of hydrogen-bond acceptors (Lipinski definition) is 3. The first-order valence-electron chi connectivity index (χ1n) is 3.60. The maximum atomic E-state index is 10.5. The Balaban J connectivity index is 0. The zero-order chi connectivity index (χ0) is 7.82. The lowest BCUT2D eigenvalue weighted by molar-refractivity contribution is 0.0555. The SMILES string of the molecule is C.CCCOC(=O)OCCC. The Bertz CT molecular complexity index is 81.3. The molecule has 0 bridgehead atoms. The Morgan fingerprint density at radius 2 is 1.45 bits per heavy atom. The molecule has 0 saturated carbocycles. The summed E-state index contributed by atoms with van der Waals surface area (Å²) in [6.07, 6.45) is 1.12. The minimum Gasteiger partial charge on any atom is -0.434 e. The predicted octanol–water partition coefficient (Wildman–Crippen LogP) is 2.60. The van der Waals surface area contributed by atoms with Crippen LogP contribution in [0.3, 0.4) is 0 Å². The van der Waals surface area contributed by atoms with E-state index < -0.39 is 6.16 Å². The van der Waals surface area contributed by atoms with Crippen molar-refractivity contribution in [3.63, 3.8) is 0 Å². The highest BCUT2D eigenvalue weighted by atomic mass is 16.7. The van der Waals surface area contributed by atoms with Gasteiger partial charge < -0.3 is 9.47 Å². The Morgan fingerprint density at radius 3 is 1.73 bits per heavy atom. The molecule has 0 aliphatic rings. The largest absolute Gasteiger partial charge is 0.508 e. The van der Waals surface area contributed by atoms with Crippen LogP contribution in [-0.4, -0.2) is 19.4 Å². The van der Waals surface area contributed by atoms with Crippen molar-refractivity contribution in [1.29, 1.82) is 0 Å². The van der Waals surface area contributed by atoms with Crippen molar-refractivity contribution < 1.29 is 14.3 Å². The Labute approximate surface area is 68.7 Å². The van der Waals surface area contributed by atoms with Crippen LogP contribution in [0.15, 0.2) is 0 Å². The van der Waals surface area contributed by atoms with Crippen LogP contribution in [0.1, 0.15) is 34.1 Å². The molecule has 0 heterocycles. The number of ether oxygens (including phenoxy) is 2. The smallest absolute Gasteiger partial charge is 0.434 e. The highest BCUT2D eigenvalue weighted by Crippen LogP contribution is 1.88. The van der Waals surface area contributed by atoms with Gasteiger partial charge in [0.25, 0.3) is 0 Å². The molecule has 0 rings (SSSR count). The van der Waals surface area contributed by atoms with Crippen LogP contribution in [0.25, 0.3) is 0 Å². The monoisotopic (exact) mass is 162 g/mol. The van der Waals surface area contributed by atoms with Gasteiger partial charge in [0.05, 0.1) is 13.2 Å². The van der Waals surface area contributed by atoms with Crippen LogP contribution < -0.4 is 0 Å². The van der Waals surface area contributed by atoms with Gasteiger partial charge in [-0.1, -0.05) is 21.3 Å². The fourth-order valence-electron chi connectivity index (χ4n) is 0.412. The van der Waals surface area contributed by atoms with Crippen LogP contribution in [0, 0.1) is 0 Å². The average Bonchev–Trinajstić information content (AvgIpc) is 1.97. The van der Waals surface area contributed by atoms with Gasteiger partial charge in [-0.25, -0.2) is 4.79 Å². The summed E-state index contributed by atoms with van der Waals surface area (Å²) in [4.78, 5) is 10.5. The molecule has 68 valence electrons. The first kappa shape index (κ1) is 12.9. The molecule has 0 aromatic heterocycles. The Hall–Kier alpha value is -0.730. The molecular weight excluding hydrogens is 144 g/mol. The fourth-order valence-corrected chi connectivity index (χ4v) is 0.412. The third kappa shape index (κ3) is 9.27. The Kier molecular flexibility index (Phi) is 10.9. The lowest BCUT2D eigenvalue weighted by atomic mass is 10.5. The van der Waals surface area contributed by atoms with E-state index >= 15 is 0 Å². The lowest BCUT2D eigenvalue weighted by Crippen LogP contribution is -2.08. The summed E-state index contributed by atoms with van der Waals surface area (Å²) in [5.74, 6) is 0. The zero-order valence-electron chi connectivity index (χ0n) is 6.55. The molecule has 0 aromatic carbocycles. The van der Waals surface area contributed by atoms with Crippen molar-refractivity contribution >= 4 is 6.16 Å². The molecule has 3 heteroatoms. The van der Waals surface area contributed by atoms with Gasteiger partial charge in [-0.05, 0) is 12.8 Å². The molecule has 0 atom stereocenters. The van der Waals surface area contributed by atoms with E-state index in [2.05, 4.69) is 9.47 Å². The van der Waals surface area contributed by atoms with Gasteiger partial charge in [0, 0.05) is 0 Å². The summed E-state index contributed by atoms with van der Waals surface area (Å²) in [7, 11) is 0. The van der Waals surface area contributed by atoms with Crippen molar-refractivity contribution in [2.75, 3.05) is 13.2 Å². The summed E-state index contributed by atoms with van der Waals surface area (Å²) < 4.78 is 9.26. The van der Waals surface area contributed by atoms with Crippen LogP contribution in [0.2, 0.25) is 0 Å². The maximum absolute atomic E-state index is 10.5. The summed E-state index contributed by atoms with van der Waals surface area (Å²) in [5, 5.41) is 0. The molecule has 0 aromatic rings. The summed E-state index contributed by atoms with van der Waals surface area (Å²) in [6, 6.07) is 0. The second-order valence-electron chi connectivity index (χ2n) is 1.95. The molecule has 0 spiro atoms. The molecule has 0 fully saturated rings. The summed E-state index contributed by atoms with van der Waals surface area (Å²) in [6.45, 7) is 4.77. The van der Waals surface area contributed by atoms with E-state index in [-0.39, 0.29) is 7.43 Å². The average molecular weight is 162 g/mol. The van der Waals surface area contributed by atoms with E-state index in [1.165, 1.54) is 0 Å². The number of carbonyl (C=O) groups excluding carboxylic acids is 1. The van der Waals surface area contributed by atoms with Crippen molar-refractivity contribution in [3.8, 4) is 0 Å². The number of carbonyl (C=O) groups is 1. The Morgan fingerprint density at radius 1 is 1.09 bits per heavy atom. The lowest BCUT2D eigenvalue weighted by Gasteiger charge is -2.02. The van der Waals surface area contributed by atoms with E-state index in [4.69, 9.17) is 0 Å². The second-order valence-corrected chi connectivity index (χ2v) is 1.95. The fraction of sp³-hybridized carbons (Fsp3) is 0.875. The van der Waals surface area contributed by atoms with Crippen LogP contribution in [0.5, 0.6) is 0 Å². The van der Waals surface area contributed by atoms with Gasteiger partial charge in [-0.3, -0.25) is 0 Å². The molecule has 0 saturated heterocycles. The van der Waals surface area contributed by atoms with Crippen LogP contribution in [0.4, 0.5) is 4.79 Å². The summed E-state index contributed by atoms with van der Waals surface area (Å²) in [5.41, 5.74) is 0. The molecule has 0 aliphatic carbocycles. The van der Waals surface area contributed by atoms with Crippen molar-refractivity contribution in [2.24, 2.45) is 0 Å². The van der Waals surface area contributed by atoms with E-state index in [1.54, 1.807) is 0 Å². The topological polar surface area (TPSA) is 35.5 Å². The first-order chi connectivity index (χ1) is 4.81. The second kappa shape index (κ2) is 9.27. The van der Waals surface area contributed by atoms with Crippen LogP contribution in [-0.2, 0) is 9.47 Å². The van der Waals surface area contributed by atoms with Crippen molar-refractivity contribution in [1.82, 2.24) is 0 Å². The molecule has 0 unspecified atom stereocenters. The van der Waals surface area contributed by atoms with Gasteiger partial charge in [0.1, 0.15) is 0 Å². The van der Waals surface area contributed by atoms with Gasteiger partial charge in [0.15, 0.2) is 0 Å².